The highest BCUT2D eigenvalue weighted by atomic mass is 35.7. The predicted molar refractivity (Wildman–Crippen MR) is 52.3 cm³/mol. The zero-order valence-electron chi connectivity index (χ0n) is 10.5. The Kier molecular flexibility index (Phi) is 5.05. The molecule has 0 fully saturated rings. The van der Waals surface area contributed by atoms with E-state index in [1.807, 2.05) is 14.1 Å². The van der Waals surface area contributed by atoms with Crippen LogP contribution in [0.2, 0.25) is 0 Å². The van der Waals surface area contributed by atoms with Gasteiger partial charge in [-0.05, 0) is 5.16 Å². The average molecular weight is 296 g/mol. The number of H-pyrrole nitrogens is 1. The molecule has 0 aliphatic carbocycles. The molecule has 1 unspecified atom stereocenters. The van der Waals surface area contributed by atoms with E-state index in [1.54, 1.807) is 13.4 Å². The third-order valence-electron chi connectivity index (χ3n) is 2.28. The molecule has 1 atom stereocenters. The van der Waals surface area contributed by atoms with E-state index >= 15 is 0 Å². The van der Waals surface area contributed by atoms with Crippen LogP contribution >= 0.6 is 0 Å². The third-order valence-corrected chi connectivity index (χ3v) is 2.28. The number of fused-ring (bicyclic) bond motifs is 1. The largest absolute Gasteiger partial charge is 0.394 e. The van der Waals surface area contributed by atoms with E-state index in [4.69, 9.17) is 23.5 Å². The van der Waals surface area contributed by atoms with Crippen molar-refractivity contribution in [3.8, 4) is 0 Å². The van der Waals surface area contributed by atoms with Gasteiger partial charge in [-0.15, -0.1) is 10.2 Å². The second-order valence-electron chi connectivity index (χ2n) is 3.74. The van der Waals surface area contributed by atoms with Crippen LogP contribution in [0.1, 0.15) is 5.69 Å². The van der Waals surface area contributed by atoms with Gasteiger partial charge in [0, 0.05) is 7.05 Å². The molecule has 0 spiro atoms. The highest BCUT2D eigenvalue weighted by Crippen LogP contribution is 2.15. The van der Waals surface area contributed by atoms with Crippen LogP contribution in [-0.4, -0.2) is 43.7 Å². The van der Waals surface area contributed by atoms with Crippen molar-refractivity contribution in [2.24, 2.45) is 5.16 Å². The normalized spacial score (nSPS) is 20.7. The fourth-order valence-corrected chi connectivity index (χ4v) is 1.68. The number of amidine groups is 1. The fraction of sp³-hybridized carbons (Fsp3) is 0.500. The summed E-state index contributed by atoms with van der Waals surface area (Å²) in [5, 5.41) is 3.99. The smallest absolute Gasteiger partial charge is 0.289 e. The van der Waals surface area contributed by atoms with E-state index in [0.717, 1.165) is 24.0 Å². The summed E-state index contributed by atoms with van der Waals surface area (Å²) in [5.74, 6) is 1.78. The van der Waals surface area contributed by atoms with Crippen molar-refractivity contribution >= 4 is 11.7 Å². The van der Waals surface area contributed by atoms with Gasteiger partial charge in [-0.2, -0.15) is 0 Å². The van der Waals surface area contributed by atoms with Crippen LogP contribution in [-0.2, 0) is 4.84 Å². The monoisotopic (exact) mass is 295 g/mol. The van der Waals surface area contributed by atoms with Crippen molar-refractivity contribution in [3.05, 3.63) is 12.0 Å². The quantitative estimate of drug-likeness (QED) is 0.489. The molecule has 108 valence electrons. The minimum absolute atomic E-state index is 0.833. The number of quaternary nitrogens is 1. The topological polar surface area (TPSA) is 150 Å². The molecule has 1 aliphatic heterocycles. The maximum absolute atomic E-state index is 8.49. The second-order valence-corrected chi connectivity index (χ2v) is 4.49. The van der Waals surface area contributed by atoms with Crippen LogP contribution in [0.25, 0.3) is 0 Å². The van der Waals surface area contributed by atoms with Gasteiger partial charge < -0.3 is 14.7 Å². The predicted octanol–water partition coefficient (Wildman–Crippen LogP) is -6.12. The number of anilines is 1. The van der Waals surface area contributed by atoms with Gasteiger partial charge in [0.05, 0.1) is 13.4 Å². The molecule has 0 amide bonds. The highest BCUT2D eigenvalue weighted by Gasteiger charge is 2.30. The molecule has 2 N–H and O–H groups in total. The number of hydrogen-bond donors (Lipinski definition) is 2. The van der Waals surface area contributed by atoms with Gasteiger partial charge in [-0.25, -0.2) is 23.6 Å². The number of nitrogens with one attached hydrogen (secondary N) is 2. The van der Waals surface area contributed by atoms with E-state index in [0.29, 0.717) is 0 Å². The van der Waals surface area contributed by atoms with Crippen LogP contribution in [0.3, 0.4) is 0 Å². The molecule has 0 radical (unpaired) electrons. The summed E-state index contributed by atoms with van der Waals surface area (Å²) < 4.78 is 34.0. The van der Waals surface area contributed by atoms with Crippen LogP contribution in [0.5, 0.6) is 0 Å². The summed E-state index contributed by atoms with van der Waals surface area (Å²) in [6.45, 7) is 0.833. The van der Waals surface area contributed by atoms with E-state index in [2.05, 4.69) is 20.0 Å². The molecule has 19 heavy (non-hydrogen) atoms. The summed E-state index contributed by atoms with van der Waals surface area (Å²) in [5.41, 5.74) is 0.929. The molecule has 0 saturated carbocycles. The SMILES string of the molecule is CON=C1c2[nH]cnc2N(C)C[NH+]1C.[O-][Cl+3]([O-])([O-])[O-]. The Hall–Kier alpha value is -1.43. The fourth-order valence-electron chi connectivity index (χ4n) is 1.68. The van der Waals surface area contributed by atoms with Crippen LogP contribution in [0.15, 0.2) is 11.5 Å². The van der Waals surface area contributed by atoms with Gasteiger partial charge in [-0.3, -0.25) is 4.90 Å². The van der Waals surface area contributed by atoms with Crippen molar-refractivity contribution in [1.82, 2.24) is 9.97 Å². The molecular weight excluding hydrogens is 282 g/mol. The first-order valence-electron chi connectivity index (χ1n) is 5.04. The minimum atomic E-state index is -4.94. The minimum Gasteiger partial charge on any atom is -0.394 e. The molecule has 0 aromatic carbocycles. The molecule has 0 bridgehead atoms. The van der Waals surface area contributed by atoms with Gasteiger partial charge in [-0.1, -0.05) is 0 Å². The Labute approximate surface area is 111 Å². The molecule has 1 aliphatic rings. The lowest BCUT2D eigenvalue weighted by molar-refractivity contribution is -2.00. The molecule has 10 nitrogen and oxygen atoms in total. The van der Waals surface area contributed by atoms with Gasteiger partial charge >= 0.3 is 0 Å². The Morgan fingerprint density at radius 2 is 2.05 bits per heavy atom. The number of aromatic nitrogens is 2. The van der Waals surface area contributed by atoms with Crippen molar-refractivity contribution in [1.29, 1.82) is 0 Å². The van der Waals surface area contributed by atoms with Crippen LogP contribution in [0.4, 0.5) is 5.82 Å². The first-order chi connectivity index (χ1) is 8.74. The van der Waals surface area contributed by atoms with Crippen molar-refractivity contribution in [3.63, 3.8) is 0 Å². The van der Waals surface area contributed by atoms with Gasteiger partial charge in [0.2, 0.25) is 0 Å². The molecule has 1 aromatic heterocycles. The highest BCUT2D eigenvalue weighted by molar-refractivity contribution is 5.95. The summed E-state index contributed by atoms with van der Waals surface area (Å²) in [4.78, 5) is 15.4. The lowest BCUT2D eigenvalue weighted by Crippen LogP contribution is -3.14. The summed E-state index contributed by atoms with van der Waals surface area (Å²) in [6.07, 6.45) is 1.67. The summed E-state index contributed by atoms with van der Waals surface area (Å²) in [7, 11) is 0.652. The zero-order chi connectivity index (χ0) is 14.6. The maximum atomic E-state index is 8.49. The van der Waals surface area contributed by atoms with Gasteiger partial charge in [0.15, 0.2) is 18.2 Å². The number of nitrogens with zero attached hydrogens (tertiary/aromatic N) is 3. The van der Waals surface area contributed by atoms with E-state index in [1.165, 1.54) is 4.90 Å². The number of aromatic amines is 1. The first kappa shape index (κ1) is 15.6. The Morgan fingerprint density at radius 3 is 2.58 bits per heavy atom. The van der Waals surface area contributed by atoms with Gasteiger partial charge in [0.1, 0.15) is 7.11 Å². The standard InChI is InChI=1S/C8H13N5O.ClHO4/c1-12-5-13(2)8(11-14-3)6-7(12)10-4-9-6;2-1(3,4)5/h4H,5H2,1-3H3,(H,9,10);(H,2,3,4,5). The Bertz CT molecular complexity index is 439. The molecule has 11 heteroatoms. The first-order valence-corrected chi connectivity index (χ1v) is 6.28. The summed E-state index contributed by atoms with van der Waals surface area (Å²) >= 11 is 0. The summed E-state index contributed by atoms with van der Waals surface area (Å²) in [6, 6.07) is 0. The van der Waals surface area contributed by atoms with E-state index in [9.17, 15) is 0 Å². The number of imidazole rings is 1. The van der Waals surface area contributed by atoms with Crippen molar-refractivity contribution in [2.45, 2.75) is 0 Å². The maximum Gasteiger partial charge on any atom is 0.289 e. The molecule has 0 saturated heterocycles. The second kappa shape index (κ2) is 6.14. The molecule has 2 rings (SSSR count). The number of rotatable bonds is 1. The zero-order valence-corrected chi connectivity index (χ0v) is 11.3. The van der Waals surface area contributed by atoms with Gasteiger partial charge in [0.25, 0.3) is 5.84 Å². The van der Waals surface area contributed by atoms with Crippen LogP contribution in [0, 0.1) is 10.2 Å². The Balaban J connectivity index is 0.000000312. The number of oxime groups is 1. The Morgan fingerprint density at radius 1 is 1.47 bits per heavy atom. The van der Waals surface area contributed by atoms with Crippen LogP contribution < -0.4 is 28.4 Å². The molecular formula is C8H14ClN5O5. The molecule has 2 heterocycles. The number of halogens is 1. The average Bonchev–Trinajstić information content (AvgIpc) is 2.70. The van der Waals surface area contributed by atoms with E-state index < -0.39 is 10.2 Å². The lowest BCUT2D eigenvalue weighted by atomic mass is 10.3. The lowest BCUT2D eigenvalue weighted by Gasteiger charge is -2.27. The van der Waals surface area contributed by atoms with Crippen molar-refractivity contribution < 1.29 is 38.6 Å². The van der Waals surface area contributed by atoms with Crippen molar-refractivity contribution in [2.75, 3.05) is 32.8 Å². The number of hydrogen-bond acceptors (Lipinski definition) is 8. The molecule has 1 aromatic rings. The van der Waals surface area contributed by atoms with E-state index in [-0.39, 0.29) is 0 Å². The third kappa shape index (κ3) is 4.63.